The highest BCUT2D eigenvalue weighted by Crippen LogP contribution is 2.27. The lowest BCUT2D eigenvalue weighted by molar-refractivity contribution is -0.0573. The molecule has 0 amide bonds. The second-order valence-corrected chi connectivity index (χ2v) is 5.13. The number of hydrogen-bond donors (Lipinski definition) is 1. The van der Waals surface area contributed by atoms with Crippen LogP contribution >= 0.6 is 11.6 Å². The van der Waals surface area contributed by atoms with E-state index < -0.39 is 5.60 Å². The van der Waals surface area contributed by atoms with Crippen LogP contribution in [0.1, 0.15) is 12.8 Å². The van der Waals surface area contributed by atoms with Crippen LogP contribution in [-0.2, 0) is 4.74 Å². The predicted octanol–water partition coefficient (Wildman–Crippen LogP) is 1.12. The van der Waals surface area contributed by atoms with Crippen molar-refractivity contribution in [2.24, 2.45) is 0 Å². The van der Waals surface area contributed by atoms with Crippen LogP contribution in [0.3, 0.4) is 0 Å². The normalized spacial score (nSPS) is 18.1. The number of likely N-dealkylation sites (N-methyl/N-ethyl adjacent to an activating group) is 1. The molecule has 1 aliphatic heterocycles. The molecule has 2 rings (SSSR count). The van der Waals surface area contributed by atoms with Gasteiger partial charge in [0.15, 0.2) is 5.82 Å². The van der Waals surface area contributed by atoms with Gasteiger partial charge in [0.2, 0.25) is 0 Å². The van der Waals surface area contributed by atoms with Gasteiger partial charge < -0.3 is 19.5 Å². The molecular weight excluding hydrogens is 270 g/mol. The molecule has 1 saturated heterocycles. The number of hydrogen-bond acceptors (Lipinski definition) is 6. The lowest BCUT2D eigenvalue weighted by Gasteiger charge is -2.35. The van der Waals surface area contributed by atoms with E-state index in [1.807, 2.05) is 11.9 Å². The summed E-state index contributed by atoms with van der Waals surface area (Å²) in [7, 11) is 3.33. The lowest BCUT2D eigenvalue weighted by Crippen LogP contribution is -2.46. The Labute approximate surface area is 117 Å². The summed E-state index contributed by atoms with van der Waals surface area (Å²) in [6.07, 6.45) is 2.71. The molecule has 0 aromatic carbocycles. The first-order chi connectivity index (χ1) is 9.04. The largest absolute Gasteiger partial charge is 0.467 e. The first kappa shape index (κ1) is 14.3. The molecule has 1 fully saturated rings. The zero-order valence-corrected chi connectivity index (χ0v) is 11.9. The van der Waals surface area contributed by atoms with Crippen molar-refractivity contribution in [2.45, 2.75) is 18.4 Å². The van der Waals surface area contributed by atoms with Crippen LogP contribution in [0.15, 0.2) is 6.20 Å². The molecule has 1 N–H and O–H groups in total. The molecule has 1 aliphatic rings. The molecule has 0 radical (unpaired) electrons. The highest BCUT2D eigenvalue weighted by Gasteiger charge is 2.32. The zero-order chi connectivity index (χ0) is 13.9. The maximum Gasteiger partial charge on any atom is 0.318 e. The van der Waals surface area contributed by atoms with Gasteiger partial charge in [0, 0.05) is 39.6 Å². The van der Waals surface area contributed by atoms with Crippen LogP contribution in [0.4, 0.5) is 5.82 Å². The third kappa shape index (κ3) is 3.46. The molecule has 0 unspecified atom stereocenters. The highest BCUT2D eigenvalue weighted by atomic mass is 35.5. The number of anilines is 1. The van der Waals surface area contributed by atoms with E-state index in [0.717, 1.165) is 0 Å². The van der Waals surface area contributed by atoms with E-state index in [1.54, 1.807) is 0 Å². The third-order valence-electron chi connectivity index (χ3n) is 3.20. The average Bonchev–Trinajstić information content (AvgIpc) is 2.39. The van der Waals surface area contributed by atoms with Crippen molar-refractivity contribution in [1.29, 1.82) is 0 Å². The maximum absolute atomic E-state index is 10.5. The Kier molecular flexibility index (Phi) is 4.44. The molecule has 0 atom stereocenters. The van der Waals surface area contributed by atoms with E-state index in [1.165, 1.54) is 13.3 Å². The van der Waals surface area contributed by atoms with Gasteiger partial charge in [-0.3, -0.25) is 0 Å². The monoisotopic (exact) mass is 287 g/mol. The molecule has 0 spiro atoms. The number of halogens is 1. The van der Waals surface area contributed by atoms with E-state index in [4.69, 9.17) is 21.1 Å². The first-order valence-electron chi connectivity index (χ1n) is 6.12. The molecular formula is C12H18ClN3O3. The Balaban J connectivity index is 2.12. The quantitative estimate of drug-likeness (QED) is 0.895. The topological polar surface area (TPSA) is 67.7 Å². The molecule has 0 saturated carbocycles. The number of aliphatic hydroxyl groups is 1. The average molecular weight is 288 g/mol. The van der Waals surface area contributed by atoms with Crippen LogP contribution in [0, 0.1) is 0 Å². The van der Waals surface area contributed by atoms with E-state index in [-0.39, 0.29) is 6.01 Å². The summed E-state index contributed by atoms with van der Waals surface area (Å²) in [5.74, 6) is 0.549. The Bertz CT molecular complexity index is 438. The second-order valence-electron chi connectivity index (χ2n) is 4.72. The second kappa shape index (κ2) is 5.90. The Morgan fingerprint density at radius 1 is 1.53 bits per heavy atom. The maximum atomic E-state index is 10.5. The van der Waals surface area contributed by atoms with Gasteiger partial charge in [0.25, 0.3) is 0 Å². The molecule has 0 bridgehead atoms. The van der Waals surface area contributed by atoms with Crippen molar-refractivity contribution in [3.8, 4) is 6.01 Å². The van der Waals surface area contributed by atoms with Gasteiger partial charge in [-0.25, -0.2) is 4.98 Å². The molecule has 19 heavy (non-hydrogen) atoms. The predicted molar refractivity (Wildman–Crippen MR) is 71.9 cm³/mol. The van der Waals surface area contributed by atoms with E-state index >= 15 is 0 Å². The van der Waals surface area contributed by atoms with Gasteiger partial charge in [0.1, 0.15) is 5.02 Å². The first-order valence-corrected chi connectivity index (χ1v) is 6.50. The summed E-state index contributed by atoms with van der Waals surface area (Å²) in [5, 5.41) is 10.9. The summed E-state index contributed by atoms with van der Waals surface area (Å²) in [5.41, 5.74) is -0.769. The summed E-state index contributed by atoms with van der Waals surface area (Å²) >= 11 is 6.08. The summed E-state index contributed by atoms with van der Waals surface area (Å²) in [6.45, 7) is 1.59. The SMILES string of the molecule is COc1ncc(Cl)c(N(C)CC2(O)CCOCC2)n1. The van der Waals surface area contributed by atoms with Crippen molar-refractivity contribution in [3.05, 3.63) is 11.2 Å². The van der Waals surface area contributed by atoms with Gasteiger partial charge in [-0.15, -0.1) is 0 Å². The van der Waals surface area contributed by atoms with Crippen LogP contribution in [0.25, 0.3) is 0 Å². The smallest absolute Gasteiger partial charge is 0.318 e. The molecule has 6 nitrogen and oxygen atoms in total. The number of rotatable bonds is 4. The third-order valence-corrected chi connectivity index (χ3v) is 3.47. The summed E-state index contributed by atoms with van der Waals surface area (Å²) in [6, 6.07) is 0.255. The van der Waals surface area contributed by atoms with Gasteiger partial charge in [-0.05, 0) is 0 Å². The van der Waals surface area contributed by atoms with Crippen molar-refractivity contribution in [3.63, 3.8) is 0 Å². The molecule has 106 valence electrons. The molecule has 1 aromatic rings. The van der Waals surface area contributed by atoms with E-state index in [2.05, 4.69) is 9.97 Å². The number of aromatic nitrogens is 2. The Morgan fingerprint density at radius 3 is 2.84 bits per heavy atom. The van der Waals surface area contributed by atoms with Crippen molar-refractivity contribution < 1.29 is 14.6 Å². The van der Waals surface area contributed by atoms with Crippen molar-refractivity contribution >= 4 is 17.4 Å². The van der Waals surface area contributed by atoms with Gasteiger partial charge >= 0.3 is 6.01 Å². The van der Waals surface area contributed by atoms with Crippen molar-refractivity contribution in [2.75, 3.05) is 38.8 Å². The van der Waals surface area contributed by atoms with E-state index in [9.17, 15) is 5.11 Å². The van der Waals surface area contributed by atoms with Crippen LogP contribution in [-0.4, -0.2) is 54.6 Å². The van der Waals surface area contributed by atoms with Crippen LogP contribution < -0.4 is 9.64 Å². The van der Waals surface area contributed by atoms with Gasteiger partial charge in [-0.2, -0.15) is 4.98 Å². The van der Waals surface area contributed by atoms with Crippen LogP contribution in [0.5, 0.6) is 6.01 Å². The summed E-state index contributed by atoms with van der Waals surface area (Å²) in [4.78, 5) is 9.95. The fourth-order valence-corrected chi connectivity index (χ4v) is 2.37. The van der Waals surface area contributed by atoms with Gasteiger partial charge in [0.05, 0.1) is 18.9 Å². The van der Waals surface area contributed by atoms with E-state index in [0.29, 0.717) is 43.4 Å². The fraction of sp³-hybridized carbons (Fsp3) is 0.667. The standard InChI is InChI=1S/C12H18ClN3O3/c1-16(8-12(17)3-5-19-6-4-12)10-9(13)7-14-11(15-10)18-2/h7,17H,3-6,8H2,1-2H3. The minimum atomic E-state index is -0.769. The fourth-order valence-electron chi connectivity index (χ4n) is 2.13. The Hall–Kier alpha value is -1.11. The Morgan fingerprint density at radius 2 is 2.21 bits per heavy atom. The summed E-state index contributed by atoms with van der Waals surface area (Å²) < 4.78 is 10.2. The molecule has 0 aliphatic carbocycles. The number of ether oxygens (including phenoxy) is 2. The lowest BCUT2D eigenvalue weighted by atomic mass is 9.94. The number of nitrogens with zero attached hydrogens (tertiary/aromatic N) is 3. The number of methoxy groups -OCH3 is 1. The minimum Gasteiger partial charge on any atom is -0.467 e. The minimum absolute atomic E-state index is 0.255. The zero-order valence-electron chi connectivity index (χ0n) is 11.1. The molecule has 2 heterocycles. The highest BCUT2D eigenvalue weighted by molar-refractivity contribution is 6.32. The van der Waals surface area contributed by atoms with Crippen molar-refractivity contribution in [1.82, 2.24) is 9.97 Å². The molecule has 7 heteroatoms. The van der Waals surface area contributed by atoms with Crippen LogP contribution in [0.2, 0.25) is 5.02 Å². The van der Waals surface area contributed by atoms with Gasteiger partial charge in [-0.1, -0.05) is 11.6 Å². The molecule has 1 aromatic heterocycles.